The number of anilines is 2. The minimum absolute atomic E-state index is 0.0255. The molecule has 0 saturated heterocycles. The molecular weight excluding hydrogens is 384 g/mol. The van der Waals surface area contributed by atoms with Crippen LogP contribution in [0.25, 0.3) is 0 Å². The van der Waals surface area contributed by atoms with Crippen LogP contribution >= 0.6 is 0 Å². The Balaban J connectivity index is 1.68. The van der Waals surface area contributed by atoms with Gasteiger partial charge in [0.15, 0.2) is 12.4 Å². The van der Waals surface area contributed by atoms with Gasteiger partial charge in [0.25, 0.3) is 5.91 Å². The predicted octanol–water partition coefficient (Wildman–Crippen LogP) is 3.80. The normalized spacial score (nSPS) is 10.2. The van der Waals surface area contributed by atoms with Crippen molar-refractivity contribution in [1.82, 2.24) is 0 Å². The number of hydrogen-bond acceptors (Lipinski definition) is 5. The first-order valence-electron chi connectivity index (χ1n) is 9.69. The number of aryl methyl sites for hydroxylation is 1. The first-order valence-corrected chi connectivity index (χ1v) is 9.69. The van der Waals surface area contributed by atoms with Crippen molar-refractivity contribution in [2.24, 2.45) is 0 Å². The molecule has 158 valence electrons. The smallest absolute Gasteiger partial charge is 0.306 e. The molecule has 30 heavy (non-hydrogen) atoms. The van der Waals surface area contributed by atoms with E-state index >= 15 is 0 Å². The summed E-state index contributed by atoms with van der Waals surface area (Å²) in [4.78, 5) is 47.1. The third-order valence-electron chi connectivity index (χ3n) is 4.58. The predicted molar refractivity (Wildman–Crippen MR) is 114 cm³/mol. The summed E-state index contributed by atoms with van der Waals surface area (Å²) < 4.78 is 4.97. The minimum Gasteiger partial charge on any atom is -0.456 e. The average molecular weight is 410 g/mol. The van der Waals surface area contributed by atoms with Crippen LogP contribution in [0.2, 0.25) is 0 Å². The van der Waals surface area contributed by atoms with E-state index < -0.39 is 11.9 Å². The van der Waals surface area contributed by atoms with Crippen LogP contribution < -0.4 is 10.6 Å². The van der Waals surface area contributed by atoms with Gasteiger partial charge >= 0.3 is 5.97 Å². The summed E-state index contributed by atoms with van der Waals surface area (Å²) in [5.41, 5.74) is 3.73. The van der Waals surface area contributed by atoms with Gasteiger partial charge in [-0.05, 0) is 56.5 Å². The van der Waals surface area contributed by atoms with Gasteiger partial charge in [0.2, 0.25) is 5.91 Å². The molecule has 7 heteroatoms. The Hall–Kier alpha value is -3.48. The van der Waals surface area contributed by atoms with Gasteiger partial charge in [0.05, 0.1) is 0 Å². The average Bonchev–Trinajstić information content (AvgIpc) is 2.70. The fourth-order valence-corrected chi connectivity index (χ4v) is 2.72. The zero-order valence-electron chi connectivity index (χ0n) is 17.4. The van der Waals surface area contributed by atoms with Gasteiger partial charge in [-0.15, -0.1) is 0 Å². The summed E-state index contributed by atoms with van der Waals surface area (Å²) >= 11 is 0. The highest BCUT2D eigenvalue weighted by atomic mass is 16.5. The van der Waals surface area contributed by atoms with Crippen LogP contribution in [0, 0.1) is 13.8 Å². The molecule has 0 aliphatic rings. The Labute approximate surface area is 175 Å². The molecule has 2 aromatic rings. The molecule has 0 bridgehead atoms. The second kappa shape index (κ2) is 10.9. The van der Waals surface area contributed by atoms with E-state index in [0.29, 0.717) is 16.9 Å². The number of hydrogen-bond donors (Lipinski definition) is 2. The van der Waals surface area contributed by atoms with Gasteiger partial charge in [-0.3, -0.25) is 19.2 Å². The van der Waals surface area contributed by atoms with Crippen molar-refractivity contribution < 1.29 is 23.9 Å². The van der Waals surface area contributed by atoms with Crippen molar-refractivity contribution in [2.45, 2.75) is 40.0 Å². The molecule has 0 aliphatic carbocycles. The molecular formula is C23H26N2O5. The van der Waals surface area contributed by atoms with Gasteiger partial charge in [-0.25, -0.2) is 0 Å². The highest BCUT2D eigenvalue weighted by molar-refractivity contribution is 5.97. The number of ether oxygens (including phenoxy) is 1. The highest BCUT2D eigenvalue weighted by Crippen LogP contribution is 2.17. The molecule has 2 rings (SSSR count). The summed E-state index contributed by atoms with van der Waals surface area (Å²) in [6.45, 7) is 4.92. The molecule has 0 fully saturated rings. The SMILES string of the molecule is CC(=O)c1cccc(NC(=O)CCCC(=O)OCC(=O)Nc2cccc(C)c2C)c1. The van der Waals surface area contributed by atoms with E-state index in [1.807, 2.05) is 26.0 Å². The lowest BCUT2D eigenvalue weighted by atomic mass is 10.1. The van der Waals surface area contributed by atoms with E-state index in [1.54, 1.807) is 30.3 Å². The Morgan fingerprint density at radius 2 is 1.63 bits per heavy atom. The third-order valence-corrected chi connectivity index (χ3v) is 4.58. The second-order valence-corrected chi connectivity index (χ2v) is 7.00. The first-order chi connectivity index (χ1) is 14.3. The van der Waals surface area contributed by atoms with Crippen LogP contribution in [0.3, 0.4) is 0 Å². The molecule has 0 saturated carbocycles. The number of ketones is 1. The minimum atomic E-state index is -0.544. The quantitative estimate of drug-likeness (QED) is 0.484. The maximum Gasteiger partial charge on any atom is 0.306 e. The molecule has 2 amide bonds. The van der Waals surface area contributed by atoms with E-state index in [4.69, 9.17) is 4.74 Å². The van der Waals surface area contributed by atoms with E-state index in [1.165, 1.54) is 6.92 Å². The Morgan fingerprint density at radius 1 is 0.900 bits per heavy atom. The van der Waals surface area contributed by atoms with Crippen LogP contribution in [-0.2, 0) is 19.1 Å². The number of benzene rings is 2. The van der Waals surface area contributed by atoms with Crippen molar-refractivity contribution in [2.75, 3.05) is 17.2 Å². The lowest BCUT2D eigenvalue weighted by molar-refractivity contribution is -0.147. The van der Waals surface area contributed by atoms with E-state index in [0.717, 1.165) is 11.1 Å². The van der Waals surface area contributed by atoms with Crippen LogP contribution in [0.4, 0.5) is 11.4 Å². The van der Waals surface area contributed by atoms with Gasteiger partial charge in [-0.2, -0.15) is 0 Å². The summed E-state index contributed by atoms with van der Waals surface area (Å²) in [6, 6.07) is 12.2. The van der Waals surface area contributed by atoms with Crippen LogP contribution in [0.5, 0.6) is 0 Å². The zero-order chi connectivity index (χ0) is 22.1. The number of nitrogens with one attached hydrogen (secondary N) is 2. The van der Waals surface area contributed by atoms with Gasteiger partial charge < -0.3 is 15.4 Å². The Morgan fingerprint density at radius 3 is 2.37 bits per heavy atom. The van der Waals surface area contributed by atoms with E-state index in [-0.39, 0.29) is 37.6 Å². The molecule has 0 atom stereocenters. The maximum atomic E-state index is 12.0. The summed E-state index contributed by atoms with van der Waals surface area (Å²) in [7, 11) is 0. The Bertz CT molecular complexity index is 952. The van der Waals surface area contributed by atoms with Gasteiger partial charge in [0.1, 0.15) is 0 Å². The second-order valence-electron chi connectivity index (χ2n) is 7.00. The molecule has 2 N–H and O–H groups in total. The molecule has 2 aromatic carbocycles. The lowest BCUT2D eigenvalue weighted by Crippen LogP contribution is -2.21. The molecule has 0 spiro atoms. The van der Waals surface area contributed by atoms with Crippen molar-refractivity contribution in [1.29, 1.82) is 0 Å². The van der Waals surface area contributed by atoms with Crippen LogP contribution in [0.15, 0.2) is 42.5 Å². The number of rotatable bonds is 9. The third kappa shape index (κ3) is 7.16. The number of carbonyl (C=O) groups excluding carboxylic acids is 4. The van der Waals surface area contributed by atoms with Crippen molar-refractivity contribution >= 4 is 34.9 Å². The summed E-state index contributed by atoms with van der Waals surface area (Å²) in [5.74, 6) is -1.32. The van der Waals surface area contributed by atoms with Crippen molar-refractivity contribution in [3.05, 3.63) is 59.2 Å². The lowest BCUT2D eigenvalue weighted by Gasteiger charge is -2.10. The largest absolute Gasteiger partial charge is 0.456 e. The fraction of sp³-hybridized carbons (Fsp3) is 0.304. The number of Topliss-reactive ketones (excluding diaryl/α,β-unsaturated/α-hetero) is 1. The zero-order valence-corrected chi connectivity index (χ0v) is 17.4. The van der Waals surface area contributed by atoms with E-state index in [9.17, 15) is 19.2 Å². The maximum absolute atomic E-state index is 12.0. The van der Waals surface area contributed by atoms with Crippen molar-refractivity contribution in [3.8, 4) is 0 Å². The number of amides is 2. The molecule has 0 radical (unpaired) electrons. The summed E-state index contributed by atoms with van der Waals surface area (Å²) in [6.07, 6.45) is 0.432. The monoisotopic (exact) mass is 410 g/mol. The molecule has 0 unspecified atom stereocenters. The number of esters is 1. The Kier molecular flexibility index (Phi) is 8.29. The topological polar surface area (TPSA) is 102 Å². The fourth-order valence-electron chi connectivity index (χ4n) is 2.72. The molecule has 7 nitrogen and oxygen atoms in total. The standard InChI is InChI=1S/C23H26N2O5/c1-15-7-4-10-20(16(15)2)25-22(28)14-30-23(29)12-6-11-21(27)24-19-9-5-8-18(13-19)17(3)26/h4-5,7-10,13H,6,11-12,14H2,1-3H3,(H,24,27)(H,25,28). The summed E-state index contributed by atoms with van der Waals surface area (Å²) in [5, 5.41) is 5.41. The van der Waals surface area contributed by atoms with E-state index in [2.05, 4.69) is 10.6 Å². The van der Waals surface area contributed by atoms with Crippen molar-refractivity contribution in [3.63, 3.8) is 0 Å². The first kappa shape index (κ1) is 22.8. The molecule has 0 aliphatic heterocycles. The number of carbonyl (C=O) groups is 4. The van der Waals surface area contributed by atoms with Gasteiger partial charge in [0, 0.05) is 29.8 Å². The van der Waals surface area contributed by atoms with Crippen LogP contribution in [0.1, 0.15) is 47.7 Å². The highest BCUT2D eigenvalue weighted by Gasteiger charge is 2.11. The van der Waals surface area contributed by atoms with Gasteiger partial charge in [-0.1, -0.05) is 24.3 Å². The van der Waals surface area contributed by atoms with Crippen LogP contribution in [-0.4, -0.2) is 30.2 Å². The molecule has 0 aromatic heterocycles. The molecule has 0 heterocycles.